The second-order valence-electron chi connectivity index (χ2n) is 5.75. The maximum absolute atomic E-state index is 12.6. The first kappa shape index (κ1) is 20.7. The van der Waals surface area contributed by atoms with E-state index in [0.29, 0.717) is 36.0 Å². The second-order valence-corrected chi connectivity index (χ2v) is 8.98. The Balaban J connectivity index is 2.23. The van der Waals surface area contributed by atoms with E-state index in [1.807, 2.05) is 6.92 Å². The van der Waals surface area contributed by atoms with Crippen molar-refractivity contribution >= 4 is 38.8 Å². The van der Waals surface area contributed by atoms with Gasteiger partial charge in [0.15, 0.2) is 5.58 Å². The van der Waals surface area contributed by atoms with E-state index in [-0.39, 0.29) is 16.1 Å². The molecule has 0 radical (unpaired) electrons. The molecule has 0 aliphatic carbocycles. The number of carbonyl (C=O) groups excluding carboxylic acids is 1. The Hall–Kier alpha value is -1.58. The SMILES string of the molecule is CCCNC(=O)[C@H](C)Sc1nc2cc(S(=O)(=O)N(CC)CC)ccc2o1. The number of thioether (sulfide) groups is 1. The van der Waals surface area contributed by atoms with Crippen LogP contribution in [0.2, 0.25) is 0 Å². The normalized spacial score (nSPS) is 13.3. The third-order valence-electron chi connectivity index (χ3n) is 3.88. The molecule has 9 heteroatoms. The molecule has 0 fully saturated rings. The number of fused-ring (bicyclic) bond motifs is 1. The maximum atomic E-state index is 12.6. The van der Waals surface area contributed by atoms with Gasteiger partial charge in [-0.3, -0.25) is 4.79 Å². The topological polar surface area (TPSA) is 92.5 Å². The van der Waals surface area contributed by atoms with E-state index in [9.17, 15) is 13.2 Å². The Morgan fingerprint density at radius 2 is 2.00 bits per heavy atom. The lowest BCUT2D eigenvalue weighted by Crippen LogP contribution is -2.31. The maximum Gasteiger partial charge on any atom is 0.257 e. The molecule has 0 saturated carbocycles. The van der Waals surface area contributed by atoms with Crippen molar-refractivity contribution in [2.24, 2.45) is 0 Å². The number of aromatic nitrogens is 1. The number of carbonyl (C=O) groups is 1. The van der Waals surface area contributed by atoms with Gasteiger partial charge in [-0.25, -0.2) is 13.4 Å². The van der Waals surface area contributed by atoms with Crippen LogP contribution in [0.15, 0.2) is 32.7 Å². The number of oxazole rings is 1. The van der Waals surface area contributed by atoms with Crippen molar-refractivity contribution in [2.75, 3.05) is 19.6 Å². The van der Waals surface area contributed by atoms with Crippen LogP contribution in [-0.2, 0) is 14.8 Å². The predicted molar refractivity (Wildman–Crippen MR) is 103 cm³/mol. The predicted octanol–water partition coefficient (Wildman–Crippen LogP) is 2.87. The molecule has 144 valence electrons. The molecule has 2 aromatic rings. The summed E-state index contributed by atoms with van der Waals surface area (Å²) in [5.74, 6) is -0.0797. The van der Waals surface area contributed by atoms with Crippen molar-refractivity contribution < 1.29 is 17.6 Å². The Morgan fingerprint density at radius 3 is 2.62 bits per heavy atom. The van der Waals surface area contributed by atoms with Gasteiger partial charge in [-0.05, 0) is 31.5 Å². The number of nitrogens with one attached hydrogen (secondary N) is 1. The molecule has 26 heavy (non-hydrogen) atoms. The summed E-state index contributed by atoms with van der Waals surface area (Å²) >= 11 is 1.21. The van der Waals surface area contributed by atoms with E-state index < -0.39 is 10.0 Å². The summed E-state index contributed by atoms with van der Waals surface area (Å²) in [6, 6.07) is 4.63. The monoisotopic (exact) mass is 399 g/mol. The van der Waals surface area contributed by atoms with E-state index in [4.69, 9.17) is 4.42 Å². The molecule has 1 amide bonds. The van der Waals surface area contributed by atoms with Gasteiger partial charge in [0.05, 0.1) is 10.1 Å². The van der Waals surface area contributed by atoms with Gasteiger partial charge in [-0.1, -0.05) is 32.5 Å². The average molecular weight is 400 g/mol. The van der Waals surface area contributed by atoms with Gasteiger partial charge >= 0.3 is 0 Å². The molecule has 0 bridgehead atoms. The Labute approximate surface area is 158 Å². The van der Waals surface area contributed by atoms with Crippen molar-refractivity contribution in [2.45, 2.75) is 49.5 Å². The van der Waals surface area contributed by atoms with Crippen molar-refractivity contribution in [1.29, 1.82) is 0 Å². The minimum Gasteiger partial charge on any atom is -0.431 e. The van der Waals surface area contributed by atoms with Crippen LogP contribution in [0.4, 0.5) is 0 Å². The standard InChI is InChI=1S/C17H25N3O4S2/c1-5-10-18-16(21)12(4)25-17-19-14-11-13(8-9-15(14)24-17)26(22,23)20(6-2)7-3/h8-9,11-12H,5-7,10H2,1-4H3,(H,18,21)/t12-/m0/s1. The smallest absolute Gasteiger partial charge is 0.257 e. The largest absolute Gasteiger partial charge is 0.431 e. The first-order valence-corrected chi connectivity index (χ1v) is 11.0. The van der Waals surface area contributed by atoms with Gasteiger partial charge in [0.1, 0.15) is 5.52 Å². The zero-order valence-electron chi connectivity index (χ0n) is 15.5. The molecule has 0 saturated heterocycles. The molecule has 1 atom stereocenters. The summed E-state index contributed by atoms with van der Waals surface area (Å²) in [6.07, 6.45) is 0.871. The zero-order chi connectivity index (χ0) is 19.3. The third-order valence-corrected chi connectivity index (χ3v) is 6.87. The summed E-state index contributed by atoms with van der Waals surface area (Å²) in [5.41, 5.74) is 0.953. The number of sulfonamides is 1. The summed E-state index contributed by atoms with van der Waals surface area (Å²) in [5, 5.41) is 2.82. The lowest BCUT2D eigenvalue weighted by atomic mass is 10.3. The molecule has 0 aliphatic rings. The van der Waals surface area contributed by atoms with Crippen LogP contribution in [0.3, 0.4) is 0 Å². The van der Waals surface area contributed by atoms with Crippen LogP contribution >= 0.6 is 11.8 Å². The van der Waals surface area contributed by atoms with Gasteiger partial charge in [0.25, 0.3) is 5.22 Å². The molecule has 1 heterocycles. The Bertz CT molecular complexity index is 860. The van der Waals surface area contributed by atoms with E-state index in [0.717, 1.165) is 6.42 Å². The molecule has 2 rings (SSSR count). The second kappa shape index (κ2) is 8.88. The molecular weight excluding hydrogens is 374 g/mol. The van der Waals surface area contributed by atoms with Crippen LogP contribution in [0.25, 0.3) is 11.1 Å². The minimum atomic E-state index is -3.55. The number of hydrogen-bond donors (Lipinski definition) is 1. The van der Waals surface area contributed by atoms with Gasteiger partial charge in [-0.2, -0.15) is 4.31 Å². The van der Waals surface area contributed by atoms with Crippen molar-refractivity contribution in [3.8, 4) is 0 Å². The number of rotatable bonds is 9. The van der Waals surface area contributed by atoms with Crippen LogP contribution < -0.4 is 5.32 Å². The van der Waals surface area contributed by atoms with Crippen LogP contribution in [-0.4, -0.2) is 48.5 Å². The van der Waals surface area contributed by atoms with Gasteiger partial charge < -0.3 is 9.73 Å². The van der Waals surface area contributed by atoms with Crippen molar-refractivity contribution in [3.63, 3.8) is 0 Å². The average Bonchev–Trinajstić information content (AvgIpc) is 3.01. The quantitative estimate of drug-likeness (QED) is 0.652. The number of nitrogens with zero attached hydrogens (tertiary/aromatic N) is 2. The first-order chi connectivity index (χ1) is 12.3. The fraction of sp³-hybridized carbons (Fsp3) is 0.529. The molecule has 1 aromatic heterocycles. The lowest BCUT2D eigenvalue weighted by Gasteiger charge is -2.18. The third kappa shape index (κ3) is 4.57. The summed E-state index contributed by atoms with van der Waals surface area (Å²) in [7, 11) is -3.55. The molecule has 0 unspecified atom stereocenters. The van der Waals surface area contributed by atoms with Gasteiger partial charge in [-0.15, -0.1) is 0 Å². The Morgan fingerprint density at radius 1 is 1.31 bits per heavy atom. The lowest BCUT2D eigenvalue weighted by molar-refractivity contribution is -0.120. The highest BCUT2D eigenvalue weighted by Crippen LogP contribution is 2.28. The number of amides is 1. The van der Waals surface area contributed by atoms with Crippen LogP contribution in [0.5, 0.6) is 0 Å². The van der Waals surface area contributed by atoms with Crippen LogP contribution in [0.1, 0.15) is 34.1 Å². The summed E-state index contributed by atoms with van der Waals surface area (Å²) in [6.45, 7) is 8.81. The fourth-order valence-electron chi connectivity index (χ4n) is 2.41. The Kier molecular flexibility index (Phi) is 7.08. The highest BCUT2D eigenvalue weighted by Gasteiger charge is 2.23. The van der Waals surface area contributed by atoms with E-state index >= 15 is 0 Å². The molecule has 0 spiro atoms. The van der Waals surface area contributed by atoms with Gasteiger partial charge in [0.2, 0.25) is 15.9 Å². The van der Waals surface area contributed by atoms with E-state index in [1.165, 1.54) is 28.2 Å². The first-order valence-electron chi connectivity index (χ1n) is 8.68. The van der Waals surface area contributed by atoms with E-state index in [1.54, 1.807) is 26.8 Å². The molecule has 0 aliphatic heterocycles. The number of hydrogen-bond acceptors (Lipinski definition) is 6. The van der Waals surface area contributed by atoms with Gasteiger partial charge in [0, 0.05) is 19.6 Å². The molecular formula is C17H25N3O4S2. The fourth-order valence-corrected chi connectivity index (χ4v) is 4.67. The van der Waals surface area contributed by atoms with Crippen molar-refractivity contribution in [3.05, 3.63) is 18.2 Å². The zero-order valence-corrected chi connectivity index (χ0v) is 17.1. The summed E-state index contributed by atoms with van der Waals surface area (Å²) in [4.78, 5) is 16.5. The molecule has 7 nitrogen and oxygen atoms in total. The summed E-state index contributed by atoms with van der Waals surface area (Å²) < 4.78 is 32.3. The highest BCUT2D eigenvalue weighted by molar-refractivity contribution is 8.00. The molecule has 1 N–H and O–H groups in total. The molecule has 1 aromatic carbocycles. The van der Waals surface area contributed by atoms with Crippen LogP contribution in [0, 0.1) is 0 Å². The highest BCUT2D eigenvalue weighted by atomic mass is 32.2. The van der Waals surface area contributed by atoms with Crippen molar-refractivity contribution in [1.82, 2.24) is 14.6 Å². The minimum absolute atomic E-state index is 0.0797. The number of benzene rings is 1. The van der Waals surface area contributed by atoms with E-state index in [2.05, 4.69) is 10.3 Å².